The first-order valence-corrected chi connectivity index (χ1v) is 7.59. The van der Waals surface area contributed by atoms with E-state index in [0.717, 1.165) is 10.5 Å². The van der Waals surface area contributed by atoms with E-state index in [9.17, 15) is 19.5 Å². The Kier molecular flexibility index (Phi) is 4.35. The van der Waals surface area contributed by atoms with Crippen LogP contribution in [0.2, 0.25) is 0 Å². The van der Waals surface area contributed by atoms with Gasteiger partial charge in [0.05, 0.1) is 12.1 Å². The molecule has 6 nitrogen and oxygen atoms in total. The Hall–Kier alpha value is -3.41. The van der Waals surface area contributed by atoms with E-state index >= 15 is 0 Å². The summed E-state index contributed by atoms with van der Waals surface area (Å²) in [6.07, 6.45) is 1.64. The van der Waals surface area contributed by atoms with Crippen molar-refractivity contribution in [3.05, 3.63) is 59.7 Å². The molecule has 2 aromatic carbocycles. The van der Waals surface area contributed by atoms with Crippen LogP contribution in [0.15, 0.2) is 54.1 Å². The molecule has 1 saturated heterocycles. The summed E-state index contributed by atoms with van der Waals surface area (Å²) in [5.74, 6) is -0.686. The van der Waals surface area contributed by atoms with Crippen LogP contribution >= 0.6 is 0 Å². The predicted octanol–water partition coefficient (Wildman–Crippen LogP) is 2.66. The minimum atomic E-state index is -0.444. The third-order valence-electron chi connectivity index (χ3n) is 3.66. The number of ether oxygens (including phenoxy) is 1. The van der Waals surface area contributed by atoms with Crippen molar-refractivity contribution in [3.8, 4) is 11.5 Å². The first-order chi connectivity index (χ1) is 11.9. The Morgan fingerprint density at radius 1 is 1.08 bits per heavy atom. The molecule has 0 aromatic heterocycles. The Morgan fingerprint density at radius 3 is 2.32 bits per heavy atom. The molecule has 0 aliphatic carbocycles. The molecule has 0 spiro atoms. The molecule has 3 rings (SSSR count). The number of carbonyl (C=O) groups excluding carboxylic acids is 3. The average Bonchev–Trinajstić information content (AvgIpc) is 2.84. The number of carbonyl (C=O) groups is 3. The first-order valence-electron chi connectivity index (χ1n) is 7.59. The fraction of sp³-hybridized carbons (Fsp3) is 0.105. The van der Waals surface area contributed by atoms with Crippen molar-refractivity contribution in [2.75, 3.05) is 4.90 Å². The molecule has 2 amide bonds. The fourth-order valence-electron chi connectivity index (χ4n) is 2.55. The van der Waals surface area contributed by atoms with Crippen molar-refractivity contribution < 1.29 is 24.2 Å². The van der Waals surface area contributed by atoms with Crippen molar-refractivity contribution in [1.82, 2.24) is 0 Å². The van der Waals surface area contributed by atoms with Gasteiger partial charge in [-0.2, -0.15) is 0 Å². The fourth-order valence-corrected chi connectivity index (χ4v) is 2.55. The number of hydrogen-bond acceptors (Lipinski definition) is 5. The summed E-state index contributed by atoms with van der Waals surface area (Å²) in [5, 5.41) is 9.30. The number of amides is 2. The van der Waals surface area contributed by atoms with E-state index in [4.69, 9.17) is 4.74 Å². The summed E-state index contributed by atoms with van der Waals surface area (Å²) >= 11 is 0. The Bertz CT molecular complexity index is 866. The zero-order valence-electron chi connectivity index (χ0n) is 13.4. The second-order valence-corrected chi connectivity index (χ2v) is 5.56. The molecule has 1 aliphatic heterocycles. The summed E-state index contributed by atoms with van der Waals surface area (Å²) < 4.78 is 4.94. The molecule has 0 unspecified atom stereocenters. The Balaban J connectivity index is 1.83. The molecule has 1 N–H and O–H groups in total. The van der Waals surface area contributed by atoms with E-state index in [1.54, 1.807) is 30.3 Å². The van der Waals surface area contributed by atoms with E-state index in [0.29, 0.717) is 17.0 Å². The highest BCUT2D eigenvalue weighted by atomic mass is 16.5. The molecule has 1 fully saturated rings. The Labute approximate surface area is 143 Å². The second kappa shape index (κ2) is 6.60. The summed E-state index contributed by atoms with van der Waals surface area (Å²) in [4.78, 5) is 36.8. The van der Waals surface area contributed by atoms with Crippen LogP contribution in [0.3, 0.4) is 0 Å². The number of phenolic OH excluding ortho intramolecular Hbond substituents is 1. The molecule has 2 aromatic rings. The molecule has 126 valence electrons. The van der Waals surface area contributed by atoms with Crippen molar-refractivity contribution in [2.24, 2.45) is 0 Å². The minimum absolute atomic E-state index is 0.00536. The lowest BCUT2D eigenvalue weighted by Gasteiger charge is -2.13. The number of hydrogen-bond donors (Lipinski definition) is 1. The summed E-state index contributed by atoms with van der Waals surface area (Å²) in [6.45, 7) is 1.29. The van der Waals surface area contributed by atoms with E-state index in [2.05, 4.69) is 0 Å². The predicted molar refractivity (Wildman–Crippen MR) is 90.9 cm³/mol. The number of rotatable bonds is 3. The lowest BCUT2D eigenvalue weighted by atomic mass is 10.1. The number of imide groups is 1. The monoisotopic (exact) mass is 337 g/mol. The van der Waals surface area contributed by atoms with Gasteiger partial charge >= 0.3 is 5.97 Å². The van der Waals surface area contributed by atoms with E-state index in [1.165, 1.54) is 31.2 Å². The highest BCUT2D eigenvalue weighted by molar-refractivity contribution is 6.29. The van der Waals surface area contributed by atoms with Gasteiger partial charge in [-0.05, 0) is 48.0 Å². The summed E-state index contributed by atoms with van der Waals surface area (Å²) in [7, 11) is 0. The number of anilines is 1. The molecule has 6 heteroatoms. The molecular formula is C19H15NO5. The normalized spacial score (nSPS) is 15.7. The highest BCUT2D eigenvalue weighted by Crippen LogP contribution is 2.29. The zero-order chi connectivity index (χ0) is 18.0. The number of aromatic hydroxyl groups is 1. The maximum absolute atomic E-state index is 12.6. The zero-order valence-corrected chi connectivity index (χ0v) is 13.4. The maximum Gasteiger partial charge on any atom is 0.308 e. The van der Waals surface area contributed by atoms with Gasteiger partial charge in [-0.15, -0.1) is 0 Å². The molecule has 0 radical (unpaired) electrons. The van der Waals surface area contributed by atoms with E-state index < -0.39 is 11.9 Å². The Morgan fingerprint density at radius 2 is 1.72 bits per heavy atom. The molecule has 25 heavy (non-hydrogen) atoms. The minimum Gasteiger partial charge on any atom is -0.508 e. The first kappa shape index (κ1) is 16.4. The molecule has 0 atom stereocenters. The smallest absolute Gasteiger partial charge is 0.308 e. The quantitative estimate of drug-likeness (QED) is 0.403. The van der Waals surface area contributed by atoms with Crippen molar-refractivity contribution in [1.29, 1.82) is 0 Å². The van der Waals surface area contributed by atoms with Gasteiger partial charge in [0.1, 0.15) is 11.5 Å². The van der Waals surface area contributed by atoms with Crippen LogP contribution in [0, 0.1) is 0 Å². The maximum atomic E-state index is 12.6. The van der Waals surface area contributed by atoms with Gasteiger partial charge in [-0.1, -0.05) is 12.1 Å². The number of benzene rings is 2. The number of phenols is 1. The molecule has 0 bridgehead atoms. The van der Waals surface area contributed by atoms with Crippen LogP contribution in [0.5, 0.6) is 11.5 Å². The third kappa shape index (κ3) is 3.58. The van der Waals surface area contributed by atoms with Crippen LogP contribution in [-0.2, 0) is 14.4 Å². The van der Waals surface area contributed by atoms with Gasteiger partial charge in [-0.3, -0.25) is 14.4 Å². The van der Waals surface area contributed by atoms with Crippen LogP contribution in [0.1, 0.15) is 18.9 Å². The third-order valence-corrected chi connectivity index (χ3v) is 3.66. The van der Waals surface area contributed by atoms with Crippen LogP contribution in [0.4, 0.5) is 5.69 Å². The van der Waals surface area contributed by atoms with Crippen molar-refractivity contribution in [2.45, 2.75) is 13.3 Å². The summed E-state index contributed by atoms with van der Waals surface area (Å²) in [5.41, 5.74) is 1.51. The lowest BCUT2D eigenvalue weighted by Crippen LogP contribution is -2.28. The SMILES string of the molecule is CC(=O)Oc1ccc(N2C(=O)C/C(=C\c3ccc(O)cc3)C2=O)cc1. The highest BCUT2D eigenvalue weighted by Gasteiger charge is 2.34. The standard InChI is InChI=1S/C19H15NO5/c1-12(21)25-17-8-4-15(5-9-17)20-18(23)11-14(19(20)24)10-13-2-6-16(22)7-3-13/h2-10,22H,11H2,1H3/b14-10+. The molecule has 1 heterocycles. The van der Waals surface area contributed by atoms with Crippen LogP contribution < -0.4 is 9.64 Å². The topological polar surface area (TPSA) is 83.9 Å². The van der Waals surface area contributed by atoms with Gasteiger partial charge in [0.15, 0.2) is 0 Å². The van der Waals surface area contributed by atoms with Gasteiger partial charge in [0, 0.05) is 12.5 Å². The molecular weight excluding hydrogens is 322 g/mol. The molecule has 0 saturated carbocycles. The number of nitrogens with zero attached hydrogens (tertiary/aromatic N) is 1. The van der Waals surface area contributed by atoms with E-state index in [-0.39, 0.29) is 18.1 Å². The number of esters is 1. The van der Waals surface area contributed by atoms with Gasteiger partial charge in [0.25, 0.3) is 5.91 Å². The van der Waals surface area contributed by atoms with Crippen LogP contribution in [-0.4, -0.2) is 22.9 Å². The largest absolute Gasteiger partial charge is 0.508 e. The van der Waals surface area contributed by atoms with Crippen molar-refractivity contribution in [3.63, 3.8) is 0 Å². The van der Waals surface area contributed by atoms with Crippen LogP contribution in [0.25, 0.3) is 6.08 Å². The second-order valence-electron chi connectivity index (χ2n) is 5.56. The average molecular weight is 337 g/mol. The van der Waals surface area contributed by atoms with Crippen molar-refractivity contribution >= 4 is 29.5 Å². The summed E-state index contributed by atoms with van der Waals surface area (Å²) in [6, 6.07) is 12.5. The molecule has 1 aliphatic rings. The van der Waals surface area contributed by atoms with Gasteiger partial charge in [-0.25, -0.2) is 4.90 Å². The van der Waals surface area contributed by atoms with E-state index in [1.807, 2.05) is 0 Å². The lowest BCUT2D eigenvalue weighted by molar-refractivity contribution is -0.132. The van der Waals surface area contributed by atoms with Gasteiger partial charge < -0.3 is 9.84 Å². The van der Waals surface area contributed by atoms with Gasteiger partial charge in [0.2, 0.25) is 5.91 Å².